The smallest absolute Gasteiger partial charge is 0.161 e. The predicted molar refractivity (Wildman–Crippen MR) is 219 cm³/mol. The number of furan rings is 1. The van der Waals surface area contributed by atoms with Gasteiger partial charge in [0.25, 0.3) is 0 Å². The Morgan fingerprint density at radius 1 is 0.321 bits per heavy atom. The average molecular weight is 677 g/mol. The third-order valence-electron chi connectivity index (χ3n) is 10.1. The topological polar surface area (TPSA) is 38.9 Å². The third-order valence-corrected chi connectivity index (χ3v) is 10.1. The van der Waals surface area contributed by atoms with E-state index in [0.717, 1.165) is 83.4 Å². The van der Waals surface area contributed by atoms with E-state index < -0.39 is 0 Å². The molecule has 0 aliphatic rings. The minimum atomic E-state index is 0.677. The van der Waals surface area contributed by atoms with Crippen LogP contribution in [0.25, 0.3) is 100.0 Å². The monoisotopic (exact) mass is 676 g/mol. The van der Waals surface area contributed by atoms with Crippen LogP contribution in [0.2, 0.25) is 0 Å². The Labute approximate surface area is 307 Å². The van der Waals surface area contributed by atoms with Gasteiger partial charge in [-0.05, 0) is 68.9 Å². The fraction of sp³-hybridized carbons (Fsp3) is 0. The molecule has 0 bridgehead atoms. The molecule has 0 unspecified atom stereocenters. The van der Waals surface area contributed by atoms with Crippen molar-refractivity contribution in [2.75, 3.05) is 0 Å². The maximum atomic E-state index is 6.54. The first kappa shape index (κ1) is 30.7. The van der Waals surface area contributed by atoms with Gasteiger partial charge in [0, 0.05) is 33.0 Å². The highest BCUT2D eigenvalue weighted by Crippen LogP contribution is 2.41. The summed E-state index contributed by atoms with van der Waals surface area (Å²) in [4.78, 5) is 10.7. The van der Waals surface area contributed by atoms with Crippen LogP contribution in [-0.2, 0) is 0 Å². The SMILES string of the molecule is c1ccc(-c2cc(-c3cc(-c4ccccc4)nc(-c4ccccc4-c4cccc5ccccc45)n3)cc(-c3cccc4c3oc3ccccc34)c2)cc1. The fourth-order valence-electron chi connectivity index (χ4n) is 7.55. The maximum absolute atomic E-state index is 6.54. The van der Waals surface area contributed by atoms with E-state index >= 15 is 0 Å². The van der Waals surface area contributed by atoms with Gasteiger partial charge in [0.15, 0.2) is 5.82 Å². The standard InChI is InChI=1S/C50H32N2O/c1-3-15-33(16-4-1)36-29-37(40-25-14-27-44-43-23-11-12-28-48(43)53-49(40)44)31-38(30-36)47-32-46(35-18-5-2-6-19-35)51-50(52-47)45-24-10-9-22-42(45)41-26-13-20-34-17-7-8-21-39(34)41/h1-32H. The second-order valence-corrected chi connectivity index (χ2v) is 13.3. The zero-order valence-corrected chi connectivity index (χ0v) is 28.8. The molecule has 0 aliphatic heterocycles. The highest BCUT2D eigenvalue weighted by atomic mass is 16.3. The molecule has 0 spiro atoms. The van der Waals surface area contributed by atoms with Crippen LogP contribution in [0.3, 0.4) is 0 Å². The molecule has 2 heterocycles. The molecule has 3 nitrogen and oxygen atoms in total. The van der Waals surface area contributed by atoms with E-state index in [0.29, 0.717) is 5.82 Å². The summed E-state index contributed by atoms with van der Waals surface area (Å²) in [5.41, 5.74) is 13.1. The third kappa shape index (κ3) is 5.56. The molecule has 0 N–H and O–H groups in total. The van der Waals surface area contributed by atoms with Crippen LogP contribution < -0.4 is 0 Å². The number of nitrogens with zero attached hydrogens (tertiary/aromatic N) is 2. The summed E-state index contributed by atoms with van der Waals surface area (Å²) >= 11 is 0. The molecular formula is C50H32N2O. The van der Waals surface area contributed by atoms with Gasteiger partial charge in [-0.1, -0.05) is 164 Å². The van der Waals surface area contributed by atoms with Gasteiger partial charge in [0.05, 0.1) is 11.4 Å². The highest BCUT2D eigenvalue weighted by molar-refractivity contribution is 6.10. The first-order valence-corrected chi connectivity index (χ1v) is 17.9. The lowest BCUT2D eigenvalue weighted by Crippen LogP contribution is -1.98. The van der Waals surface area contributed by atoms with Crippen LogP contribution in [0.4, 0.5) is 0 Å². The molecule has 3 heteroatoms. The van der Waals surface area contributed by atoms with Crippen molar-refractivity contribution in [1.29, 1.82) is 0 Å². The van der Waals surface area contributed by atoms with Crippen molar-refractivity contribution < 1.29 is 4.42 Å². The Hall–Kier alpha value is -7.10. The van der Waals surface area contributed by atoms with Gasteiger partial charge in [-0.2, -0.15) is 0 Å². The molecule has 8 aromatic carbocycles. The number of para-hydroxylation sites is 2. The fourth-order valence-corrected chi connectivity index (χ4v) is 7.55. The van der Waals surface area contributed by atoms with Crippen LogP contribution in [0.1, 0.15) is 0 Å². The van der Waals surface area contributed by atoms with Gasteiger partial charge in [-0.15, -0.1) is 0 Å². The molecule has 10 rings (SSSR count). The van der Waals surface area contributed by atoms with Crippen molar-refractivity contribution in [2.24, 2.45) is 0 Å². The molecule has 0 saturated carbocycles. The lowest BCUT2D eigenvalue weighted by atomic mass is 9.93. The van der Waals surface area contributed by atoms with Gasteiger partial charge in [0.2, 0.25) is 0 Å². The number of rotatable bonds is 6. The molecule has 0 fully saturated rings. The highest BCUT2D eigenvalue weighted by Gasteiger charge is 2.18. The number of fused-ring (bicyclic) bond motifs is 4. The first-order chi connectivity index (χ1) is 26.3. The summed E-state index contributed by atoms with van der Waals surface area (Å²) < 4.78 is 6.54. The lowest BCUT2D eigenvalue weighted by Gasteiger charge is -2.15. The number of benzene rings is 8. The Morgan fingerprint density at radius 3 is 1.70 bits per heavy atom. The van der Waals surface area contributed by atoms with E-state index in [1.807, 2.05) is 18.2 Å². The minimum absolute atomic E-state index is 0.677. The molecular weight excluding hydrogens is 645 g/mol. The van der Waals surface area contributed by atoms with E-state index in [-0.39, 0.29) is 0 Å². The molecule has 2 aromatic heterocycles. The van der Waals surface area contributed by atoms with E-state index in [1.54, 1.807) is 0 Å². The molecule has 0 saturated heterocycles. The second-order valence-electron chi connectivity index (χ2n) is 13.3. The van der Waals surface area contributed by atoms with Crippen LogP contribution in [0.15, 0.2) is 199 Å². The zero-order chi connectivity index (χ0) is 35.1. The van der Waals surface area contributed by atoms with Gasteiger partial charge in [0.1, 0.15) is 11.2 Å². The largest absolute Gasteiger partial charge is 0.455 e. The quantitative estimate of drug-likeness (QED) is 0.176. The van der Waals surface area contributed by atoms with Crippen LogP contribution >= 0.6 is 0 Å². The van der Waals surface area contributed by atoms with E-state index in [9.17, 15) is 0 Å². The summed E-state index contributed by atoms with van der Waals surface area (Å²) in [7, 11) is 0. The second kappa shape index (κ2) is 12.9. The maximum Gasteiger partial charge on any atom is 0.161 e. The van der Waals surface area contributed by atoms with E-state index in [4.69, 9.17) is 14.4 Å². The predicted octanol–water partition coefficient (Wildman–Crippen LogP) is 13.5. The first-order valence-electron chi connectivity index (χ1n) is 17.9. The van der Waals surface area contributed by atoms with Gasteiger partial charge in [-0.25, -0.2) is 9.97 Å². The van der Waals surface area contributed by atoms with Crippen molar-refractivity contribution in [3.8, 4) is 67.3 Å². The summed E-state index contributed by atoms with van der Waals surface area (Å²) in [5, 5.41) is 4.61. The molecule has 0 amide bonds. The number of hydrogen-bond acceptors (Lipinski definition) is 3. The normalized spacial score (nSPS) is 11.4. The molecule has 0 aliphatic carbocycles. The number of aromatic nitrogens is 2. The number of hydrogen-bond donors (Lipinski definition) is 0. The van der Waals surface area contributed by atoms with Crippen LogP contribution in [0, 0.1) is 0 Å². The van der Waals surface area contributed by atoms with Crippen molar-refractivity contribution in [2.45, 2.75) is 0 Å². The van der Waals surface area contributed by atoms with Crippen LogP contribution in [0.5, 0.6) is 0 Å². The average Bonchev–Trinajstić information content (AvgIpc) is 3.63. The molecule has 10 aromatic rings. The lowest BCUT2D eigenvalue weighted by molar-refractivity contribution is 0.670. The van der Waals surface area contributed by atoms with E-state index in [2.05, 4.69) is 176 Å². The zero-order valence-electron chi connectivity index (χ0n) is 28.8. The van der Waals surface area contributed by atoms with Crippen molar-refractivity contribution >= 4 is 32.7 Å². The molecule has 53 heavy (non-hydrogen) atoms. The summed E-state index contributed by atoms with van der Waals surface area (Å²) in [6, 6.07) is 67.9. The van der Waals surface area contributed by atoms with Crippen LogP contribution in [-0.4, -0.2) is 9.97 Å². The molecule has 248 valence electrons. The van der Waals surface area contributed by atoms with Gasteiger partial charge < -0.3 is 4.42 Å². The van der Waals surface area contributed by atoms with E-state index in [1.165, 1.54) is 10.8 Å². The summed E-state index contributed by atoms with van der Waals surface area (Å²) in [6.07, 6.45) is 0. The minimum Gasteiger partial charge on any atom is -0.455 e. The summed E-state index contributed by atoms with van der Waals surface area (Å²) in [5.74, 6) is 0.677. The van der Waals surface area contributed by atoms with Gasteiger partial charge >= 0.3 is 0 Å². The Morgan fingerprint density at radius 2 is 0.868 bits per heavy atom. The Bertz CT molecular complexity index is 2940. The van der Waals surface area contributed by atoms with Crippen molar-refractivity contribution in [3.05, 3.63) is 194 Å². The Balaban J connectivity index is 1.22. The van der Waals surface area contributed by atoms with Crippen molar-refractivity contribution in [3.63, 3.8) is 0 Å². The molecule has 0 atom stereocenters. The van der Waals surface area contributed by atoms with Crippen molar-refractivity contribution in [1.82, 2.24) is 9.97 Å². The molecule has 0 radical (unpaired) electrons. The Kier molecular flexibility index (Phi) is 7.47. The van der Waals surface area contributed by atoms with Gasteiger partial charge in [-0.3, -0.25) is 0 Å². The summed E-state index contributed by atoms with van der Waals surface area (Å²) in [6.45, 7) is 0.